The van der Waals surface area contributed by atoms with Crippen molar-refractivity contribution in [3.05, 3.63) is 35.7 Å². The molecule has 0 N–H and O–H groups in total. The number of amides is 1. The van der Waals surface area contributed by atoms with Crippen LogP contribution in [0.4, 0.5) is 0 Å². The molecule has 0 spiro atoms. The monoisotopic (exact) mass is 369 g/mol. The molecule has 5 nitrogen and oxygen atoms in total. The number of aryl methyl sites for hydroxylation is 1. The van der Waals surface area contributed by atoms with Crippen LogP contribution in [0.1, 0.15) is 69.7 Å². The average molecular weight is 370 g/mol. The van der Waals surface area contributed by atoms with Gasteiger partial charge in [-0.25, -0.2) is 0 Å². The summed E-state index contributed by atoms with van der Waals surface area (Å²) in [6.07, 6.45) is 6.01. The fourth-order valence-corrected chi connectivity index (χ4v) is 3.86. The second kappa shape index (κ2) is 9.16. The highest BCUT2D eigenvalue weighted by Crippen LogP contribution is 2.30. The number of unbranched alkanes of at least 4 members (excludes halogenated alkanes) is 1. The summed E-state index contributed by atoms with van der Waals surface area (Å²) in [6.45, 7) is 7.93. The summed E-state index contributed by atoms with van der Waals surface area (Å²) in [5.41, 5.74) is 2.17. The summed E-state index contributed by atoms with van der Waals surface area (Å²) in [5.74, 6) is 2.11. The summed E-state index contributed by atoms with van der Waals surface area (Å²) >= 11 is 0. The molecule has 0 saturated carbocycles. The molecule has 1 atom stereocenters. The van der Waals surface area contributed by atoms with E-state index in [0.29, 0.717) is 17.6 Å². The summed E-state index contributed by atoms with van der Waals surface area (Å²) in [4.78, 5) is 19.4. The van der Waals surface area contributed by atoms with Crippen LogP contribution in [0, 0.1) is 12.8 Å². The molecule has 1 fully saturated rings. The smallest absolute Gasteiger partial charge is 0.230 e. The van der Waals surface area contributed by atoms with E-state index in [1.807, 2.05) is 17.0 Å². The van der Waals surface area contributed by atoms with Crippen molar-refractivity contribution in [1.82, 2.24) is 15.0 Å². The molecule has 1 aliphatic heterocycles. The zero-order chi connectivity index (χ0) is 19.2. The first-order valence-electron chi connectivity index (χ1n) is 10.3. The Bertz CT molecular complexity index is 748. The highest BCUT2D eigenvalue weighted by molar-refractivity contribution is 5.78. The molecule has 1 unspecified atom stereocenters. The first-order chi connectivity index (χ1) is 13.1. The van der Waals surface area contributed by atoms with Crippen LogP contribution in [0.25, 0.3) is 11.4 Å². The van der Waals surface area contributed by atoms with E-state index in [1.54, 1.807) is 0 Å². The van der Waals surface area contributed by atoms with Crippen molar-refractivity contribution in [2.45, 2.75) is 65.2 Å². The Balaban J connectivity index is 1.59. The normalized spacial score (nSPS) is 16.5. The molecular weight excluding hydrogens is 338 g/mol. The molecule has 0 radical (unpaired) electrons. The summed E-state index contributed by atoms with van der Waals surface area (Å²) in [6, 6.07) is 8.13. The Labute approximate surface area is 162 Å². The summed E-state index contributed by atoms with van der Waals surface area (Å²) in [5, 5.41) is 4.17. The Morgan fingerprint density at radius 2 is 2.07 bits per heavy atom. The van der Waals surface area contributed by atoms with Crippen molar-refractivity contribution >= 4 is 5.91 Å². The number of hydrogen-bond donors (Lipinski definition) is 0. The van der Waals surface area contributed by atoms with Crippen molar-refractivity contribution in [1.29, 1.82) is 0 Å². The molecule has 5 heteroatoms. The second-order valence-electron chi connectivity index (χ2n) is 7.67. The van der Waals surface area contributed by atoms with E-state index in [0.717, 1.165) is 57.2 Å². The van der Waals surface area contributed by atoms with Crippen molar-refractivity contribution < 1.29 is 9.32 Å². The fourth-order valence-electron chi connectivity index (χ4n) is 3.86. The standard InChI is InChI=1S/C22H31N3O2/c1-4-6-9-17(5-2)22(26)25-13-11-18(12-14-25)21-23-20(24-27-21)19-10-7-8-16(3)15-19/h7-8,10,15,17-18H,4-6,9,11-14H2,1-3H3. The van der Waals surface area contributed by atoms with Crippen LogP contribution in [-0.4, -0.2) is 34.0 Å². The lowest BCUT2D eigenvalue weighted by molar-refractivity contribution is -0.137. The van der Waals surface area contributed by atoms with E-state index < -0.39 is 0 Å². The molecule has 27 heavy (non-hydrogen) atoms. The van der Waals surface area contributed by atoms with E-state index in [4.69, 9.17) is 4.52 Å². The maximum absolute atomic E-state index is 12.8. The number of aromatic nitrogens is 2. The zero-order valence-corrected chi connectivity index (χ0v) is 16.8. The van der Waals surface area contributed by atoms with Gasteiger partial charge in [0.05, 0.1) is 0 Å². The molecule has 1 amide bonds. The molecule has 1 aromatic heterocycles. The van der Waals surface area contributed by atoms with Gasteiger partial charge < -0.3 is 9.42 Å². The van der Waals surface area contributed by atoms with Crippen LogP contribution >= 0.6 is 0 Å². The highest BCUT2D eigenvalue weighted by Gasteiger charge is 2.30. The third kappa shape index (κ3) is 4.76. The molecule has 146 valence electrons. The maximum atomic E-state index is 12.8. The number of likely N-dealkylation sites (tertiary alicyclic amines) is 1. The molecule has 2 aromatic rings. The summed E-state index contributed by atoms with van der Waals surface area (Å²) in [7, 11) is 0. The maximum Gasteiger partial charge on any atom is 0.230 e. The molecule has 0 aliphatic carbocycles. The minimum absolute atomic E-state index is 0.179. The topological polar surface area (TPSA) is 59.2 Å². The number of rotatable bonds is 7. The second-order valence-corrected chi connectivity index (χ2v) is 7.67. The number of carbonyl (C=O) groups excluding carboxylic acids is 1. The van der Waals surface area contributed by atoms with Gasteiger partial charge in [-0.2, -0.15) is 4.98 Å². The number of carbonyl (C=O) groups is 1. The van der Waals surface area contributed by atoms with Crippen LogP contribution in [-0.2, 0) is 4.79 Å². The van der Waals surface area contributed by atoms with E-state index in [1.165, 1.54) is 5.56 Å². The van der Waals surface area contributed by atoms with Crippen LogP contribution in [0.15, 0.2) is 28.8 Å². The van der Waals surface area contributed by atoms with Crippen LogP contribution in [0.5, 0.6) is 0 Å². The van der Waals surface area contributed by atoms with Gasteiger partial charge in [0.15, 0.2) is 0 Å². The Morgan fingerprint density at radius 1 is 1.30 bits per heavy atom. The average Bonchev–Trinajstić information content (AvgIpc) is 3.19. The van der Waals surface area contributed by atoms with Crippen LogP contribution in [0.2, 0.25) is 0 Å². The van der Waals surface area contributed by atoms with Gasteiger partial charge in [-0.15, -0.1) is 0 Å². The van der Waals surface area contributed by atoms with E-state index in [9.17, 15) is 4.79 Å². The lowest BCUT2D eigenvalue weighted by atomic mass is 9.93. The van der Waals surface area contributed by atoms with Gasteiger partial charge in [0.25, 0.3) is 0 Å². The Kier molecular flexibility index (Phi) is 6.64. The van der Waals surface area contributed by atoms with E-state index in [2.05, 4.69) is 43.0 Å². The SMILES string of the molecule is CCCCC(CC)C(=O)N1CCC(c2nc(-c3cccc(C)c3)no2)CC1. The molecule has 2 heterocycles. The van der Waals surface area contributed by atoms with Gasteiger partial charge in [0.2, 0.25) is 17.6 Å². The number of piperidine rings is 1. The number of benzene rings is 1. The third-order valence-corrected chi connectivity index (χ3v) is 5.62. The van der Waals surface area contributed by atoms with Gasteiger partial charge in [0, 0.05) is 30.5 Å². The Hall–Kier alpha value is -2.17. The Morgan fingerprint density at radius 3 is 2.74 bits per heavy atom. The van der Waals surface area contributed by atoms with Crippen molar-refractivity contribution in [3.63, 3.8) is 0 Å². The first-order valence-corrected chi connectivity index (χ1v) is 10.3. The largest absolute Gasteiger partial charge is 0.342 e. The van der Waals surface area contributed by atoms with Gasteiger partial charge in [-0.05, 0) is 38.7 Å². The molecule has 0 bridgehead atoms. The highest BCUT2D eigenvalue weighted by atomic mass is 16.5. The van der Waals surface area contributed by atoms with Gasteiger partial charge >= 0.3 is 0 Å². The van der Waals surface area contributed by atoms with E-state index in [-0.39, 0.29) is 11.8 Å². The minimum atomic E-state index is 0.179. The quantitative estimate of drug-likeness (QED) is 0.691. The molecular formula is C22H31N3O2. The number of nitrogens with zero attached hydrogens (tertiary/aromatic N) is 3. The zero-order valence-electron chi connectivity index (χ0n) is 16.8. The lowest BCUT2D eigenvalue weighted by Gasteiger charge is -2.33. The van der Waals surface area contributed by atoms with Gasteiger partial charge in [-0.3, -0.25) is 4.79 Å². The van der Waals surface area contributed by atoms with Crippen LogP contribution < -0.4 is 0 Å². The number of hydrogen-bond acceptors (Lipinski definition) is 4. The molecule has 1 saturated heterocycles. The molecule has 1 aromatic carbocycles. The minimum Gasteiger partial charge on any atom is -0.342 e. The van der Waals surface area contributed by atoms with Crippen molar-refractivity contribution in [3.8, 4) is 11.4 Å². The molecule has 3 rings (SSSR count). The van der Waals surface area contributed by atoms with Gasteiger partial charge in [0.1, 0.15) is 0 Å². The van der Waals surface area contributed by atoms with E-state index >= 15 is 0 Å². The predicted octanol–water partition coefficient (Wildman–Crippen LogP) is 4.97. The lowest BCUT2D eigenvalue weighted by Crippen LogP contribution is -2.41. The summed E-state index contributed by atoms with van der Waals surface area (Å²) < 4.78 is 5.55. The fraction of sp³-hybridized carbons (Fsp3) is 0.591. The van der Waals surface area contributed by atoms with Crippen molar-refractivity contribution in [2.75, 3.05) is 13.1 Å². The third-order valence-electron chi connectivity index (χ3n) is 5.62. The predicted molar refractivity (Wildman–Crippen MR) is 106 cm³/mol. The first kappa shape index (κ1) is 19.6. The molecule has 1 aliphatic rings. The van der Waals surface area contributed by atoms with Crippen molar-refractivity contribution in [2.24, 2.45) is 5.92 Å². The van der Waals surface area contributed by atoms with Crippen LogP contribution in [0.3, 0.4) is 0 Å². The van der Waals surface area contributed by atoms with Gasteiger partial charge in [-0.1, -0.05) is 55.6 Å².